The second-order valence-corrected chi connectivity index (χ2v) is 7.56. The van der Waals surface area contributed by atoms with Gasteiger partial charge in [-0.15, -0.1) is 0 Å². The average molecular weight is 328 g/mol. The lowest BCUT2D eigenvalue weighted by atomic mass is 9.72. The molecule has 1 aromatic carbocycles. The number of hydrogen-bond donors (Lipinski definition) is 1. The van der Waals surface area contributed by atoms with E-state index in [0.717, 1.165) is 40.4 Å². The largest absolute Gasteiger partial charge is 0.310 e. The van der Waals surface area contributed by atoms with Crippen LogP contribution in [0.5, 0.6) is 0 Å². The molecule has 0 aromatic heterocycles. The van der Waals surface area contributed by atoms with E-state index in [-0.39, 0.29) is 6.04 Å². The van der Waals surface area contributed by atoms with Gasteiger partial charge in [-0.25, -0.2) is 0 Å². The molecule has 21 heavy (non-hydrogen) atoms. The predicted octanol–water partition coefficient (Wildman–Crippen LogP) is 6.11. The van der Waals surface area contributed by atoms with Gasteiger partial charge in [0, 0.05) is 21.7 Å². The Balaban J connectivity index is 2.29. The molecule has 3 unspecified atom stereocenters. The molecule has 0 saturated heterocycles. The fraction of sp³-hybridized carbons (Fsp3) is 0.667. The van der Waals surface area contributed by atoms with Gasteiger partial charge in [-0.2, -0.15) is 0 Å². The van der Waals surface area contributed by atoms with Crippen LogP contribution in [0.15, 0.2) is 18.2 Å². The smallest absolute Gasteiger partial charge is 0.0468 e. The van der Waals surface area contributed by atoms with Crippen LogP contribution < -0.4 is 5.32 Å². The van der Waals surface area contributed by atoms with E-state index in [9.17, 15) is 0 Å². The Morgan fingerprint density at radius 1 is 1.10 bits per heavy atom. The normalized spacial score (nSPS) is 27.6. The number of nitrogens with one attached hydrogen (secondary N) is 1. The molecule has 1 N–H and O–H groups in total. The zero-order chi connectivity index (χ0) is 15.4. The maximum absolute atomic E-state index is 6.47. The summed E-state index contributed by atoms with van der Waals surface area (Å²) in [6.07, 6.45) is 4.98. The van der Waals surface area contributed by atoms with Gasteiger partial charge in [0.05, 0.1) is 0 Å². The summed E-state index contributed by atoms with van der Waals surface area (Å²) < 4.78 is 0. The van der Waals surface area contributed by atoms with Crippen molar-refractivity contribution in [1.29, 1.82) is 0 Å². The Labute approximate surface area is 139 Å². The van der Waals surface area contributed by atoms with Crippen LogP contribution in [-0.4, -0.2) is 6.54 Å². The fourth-order valence-corrected chi connectivity index (χ4v) is 4.53. The van der Waals surface area contributed by atoms with Crippen molar-refractivity contribution in [3.8, 4) is 0 Å². The van der Waals surface area contributed by atoms with Gasteiger partial charge in [0.15, 0.2) is 0 Å². The van der Waals surface area contributed by atoms with Crippen molar-refractivity contribution in [2.45, 2.75) is 52.5 Å². The highest BCUT2D eigenvalue weighted by molar-refractivity contribution is 6.36. The van der Waals surface area contributed by atoms with Crippen molar-refractivity contribution >= 4 is 23.2 Å². The molecule has 0 radical (unpaired) electrons. The monoisotopic (exact) mass is 327 g/mol. The average Bonchev–Trinajstić information content (AvgIpc) is 2.41. The summed E-state index contributed by atoms with van der Waals surface area (Å²) in [6, 6.07) is 6.12. The first-order valence-electron chi connectivity index (χ1n) is 8.20. The Bertz CT molecular complexity index is 430. The molecule has 3 heteroatoms. The first-order chi connectivity index (χ1) is 10.0. The van der Waals surface area contributed by atoms with Gasteiger partial charge >= 0.3 is 0 Å². The van der Waals surface area contributed by atoms with Gasteiger partial charge in [0.1, 0.15) is 0 Å². The van der Waals surface area contributed by atoms with Crippen LogP contribution in [0, 0.1) is 17.8 Å². The standard InChI is InChI=1S/C18H27Cl2N/c1-4-8-21-18(14-10-12(2)9-13(3)11-14)17-15(19)6-5-7-16(17)20/h5-7,12-14,18,21H,4,8-11H2,1-3H3. The van der Waals surface area contributed by atoms with E-state index in [1.807, 2.05) is 18.2 Å². The van der Waals surface area contributed by atoms with Crippen LogP contribution in [0.3, 0.4) is 0 Å². The molecule has 1 aliphatic rings. The van der Waals surface area contributed by atoms with Gasteiger partial charge in [0.25, 0.3) is 0 Å². The highest BCUT2D eigenvalue weighted by atomic mass is 35.5. The van der Waals surface area contributed by atoms with E-state index in [2.05, 4.69) is 26.1 Å². The SMILES string of the molecule is CCCNC(c1c(Cl)cccc1Cl)C1CC(C)CC(C)C1. The van der Waals surface area contributed by atoms with Crippen molar-refractivity contribution in [3.05, 3.63) is 33.8 Å². The van der Waals surface area contributed by atoms with E-state index >= 15 is 0 Å². The van der Waals surface area contributed by atoms with Gasteiger partial charge in [-0.1, -0.05) is 50.0 Å². The number of hydrogen-bond acceptors (Lipinski definition) is 1. The summed E-state index contributed by atoms with van der Waals surface area (Å²) in [5.41, 5.74) is 1.10. The van der Waals surface area contributed by atoms with E-state index in [1.165, 1.54) is 19.3 Å². The second kappa shape index (κ2) is 7.85. The zero-order valence-corrected chi connectivity index (χ0v) is 14.8. The Morgan fingerprint density at radius 3 is 2.19 bits per heavy atom. The molecular formula is C18H27Cl2N. The maximum Gasteiger partial charge on any atom is 0.0468 e. The molecule has 0 aliphatic heterocycles. The topological polar surface area (TPSA) is 12.0 Å². The number of rotatable bonds is 5. The molecule has 0 bridgehead atoms. The first-order valence-corrected chi connectivity index (χ1v) is 8.95. The molecule has 118 valence electrons. The van der Waals surface area contributed by atoms with Gasteiger partial charge < -0.3 is 5.32 Å². The minimum Gasteiger partial charge on any atom is -0.310 e. The van der Waals surface area contributed by atoms with Crippen molar-refractivity contribution in [2.24, 2.45) is 17.8 Å². The van der Waals surface area contributed by atoms with Crippen molar-refractivity contribution in [2.75, 3.05) is 6.54 Å². The summed E-state index contributed by atoms with van der Waals surface area (Å²) in [5.74, 6) is 2.18. The molecule has 1 nitrogen and oxygen atoms in total. The fourth-order valence-electron chi connectivity index (χ4n) is 3.89. The van der Waals surface area contributed by atoms with Gasteiger partial charge in [-0.05, 0) is 62.1 Å². The maximum atomic E-state index is 6.47. The molecule has 0 spiro atoms. The van der Waals surface area contributed by atoms with Gasteiger partial charge in [-0.3, -0.25) is 0 Å². The third-order valence-corrected chi connectivity index (χ3v) is 5.27. The Kier molecular flexibility index (Phi) is 6.40. The second-order valence-electron chi connectivity index (χ2n) is 6.74. The van der Waals surface area contributed by atoms with E-state index in [0.29, 0.717) is 5.92 Å². The van der Waals surface area contributed by atoms with Crippen molar-refractivity contribution < 1.29 is 0 Å². The lowest BCUT2D eigenvalue weighted by Crippen LogP contribution is -2.34. The molecule has 1 aliphatic carbocycles. The summed E-state index contributed by atoms with van der Waals surface area (Å²) in [6.45, 7) is 7.94. The quantitative estimate of drug-likeness (QED) is 0.688. The van der Waals surface area contributed by atoms with E-state index < -0.39 is 0 Å². The van der Waals surface area contributed by atoms with E-state index in [1.54, 1.807) is 0 Å². The first kappa shape index (κ1) is 17.1. The third kappa shape index (κ3) is 4.37. The lowest BCUT2D eigenvalue weighted by molar-refractivity contribution is 0.176. The molecule has 1 fully saturated rings. The molecule has 2 rings (SSSR count). The zero-order valence-electron chi connectivity index (χ0n) is 13.3. The molecular weight excluding hydrogens is 301 g/mol. The van der Waals surface area contributed by atoms with Crippen LogP contribution in [0.1, 0.15) is 58.1 Å². The summed E-state index contributed by atoms with van der Waals surface area (Å²) in [7, 11) is 0. The minimum atomic E-state index is 0.274. The molecule has 1 saturated carbocycles. The van der Waals surface area contributed by atoms with Crippen LogP contribution in [0.4, 0.5) is 0 Å². The predicted molar refractivity (Wildman–Crippen MR) is 93.2 cm³/mol. The third-order valence-electron chi connectivity index (χ3n) is 4.61. The van der Waals surface area contributed by atoms with Crippen molar-refractivity contribution in [1.82, 2.24) is 5.32 Å². The van der Waals surface area contributed by atoms with Crippen LogP contribution in [0.25, 0.3) is 0 Å². The van der Waals surface area contributed by atoms with Crippen molar-refractivity contribution in [3.63, 3.8) is 0 Å². The van der Waals surface area contributed by atoms with Crippen LogP contribution in [0.2, 0.25) is 10.0 Å². The summed E-state index contributed by atoms with van der Waals surface area (Å²) >= 11 is 12.9. The summed E-state index contributed by atoms with van der Waals surface area (Å²) in [4.78, 5) is 0. The number of halogens is 2. The minimum absolute atomic E-state index is 0.274. The molecule has 0 amide bonds. The molecule has 1 aromatic rings. The lowest BCUT2D eigenvalue weighted by Gasteiger charge is -2.38. The summed E-state index contributed by atoms with van der Waals surface area (Å²) in [5, 5.41) is 5.30. The van der Waals surface area contributed by atoms with Gasteiger partial charge in [0.2, 0.25) is 0 Å². The number of benzene rings is 1. The Hall–Kier alpha value is -0.240. The molecule has 0 heterocycles. The van der Waals surface area contributed by atoms with Crippen LogP contribution in [-0.2, 0) is 0 Å². The molecule has 3 atom stereocenters. The highest BCUT2D eigenvalue weighted by Gasteiger charge is 2.32. The van der Waals surface area contributed by atoms with E-state index in [4.69, 9.17) is 23.2 Å². The highest BCUT2D eigenvalue weighted by Crippen LogP contribution is 2.43. The van der Waals surface area contributed by atoms with Crippen LogP contribution >= 0.6 is 23.2 Å². The Morgan fingerprint density at radius 2 is 1.67 bits per heavy atom.